The maximum atomic E-state index is 12.8. The van der Waals surface area contributed by atoms with Crippen molar-refractivity contribution in [2.45, 2.75) is 26.7 Å². The number of ether oxygens (including phenoxy) is 2. The van der Waals surface area contributed by atoms with Gasteiger partial charge < -0.3 is 19.5 Å². The molecule has 0 unspecified atom stereocenters. The topological polar surface area (TPSA) is 105 Å². The molecule has 0 saturated carbocycles. The Kier molecular flexibility index (Phi) is 6.46. The number of anilines is 1. The van der Waals surface area contributed by atoms with Crippen LogP contribution in [-0.2, 0) is 9.47 Å². The summed E-state index contributed by atoms with van der Waals surface area (Å²) in [4.78, 5) is 25.2. The maximum Gasteiger partial charge on any atom is 0.489 e. The minimum Gasteiger partial charge on any atom is -0.465 e. The molecule has 1 aliphatic rings. The van der Waals surface area contributed by atoms with Crippen LogP contribution in [0.5, 0.6) is 0 Å². The molecule has 8 heteroatoms. The smallest absolute Gasteiger partial charge is 0.465 e. The molecule has 4 rings (SSSR count). The number of amides is 1. The fraction of sp³-hybridized carbons (Fsp3) is 0.231. The molecule has 3 aromatic rings. The summed E-state index contributed by atoms with van der Waals surface area (Å²) in [5.41, 5.74) is 6.32. The van der Waals surface area contributed by atoms with Gasteiger partial charge in [-0.15, -0.1) is 0 Å². The van der Waals surface area contributed by atoms with Crippen LogP contribution in [-0.4, -0.2) is 42.9 Å². The summed E-state index contributed by atoms with van der Waals surface area (Å²) in [6.07, 6.45) is -0.703. The Morgan fingerprint density at radius 2 is 1.47 bits per heavy atom. The largest absolute Gasteiger partial charge is 0.489 e. The first kappa shape index (κ1) is 23.5. The Morgan fingerprint density at radius 3 is 2.00 bits per heavy atom. The van der Waals surface area contributed by atoms with Gasteiger partial charge in [0, 0.05) is 5.92 Å². The zero-order valence-electron chi connectivity index (χ0n) is 19.5. The zero-order valence-corrected chi connectivity index (χ0v) is 19.5. The van der Waals surface area contributed by atoms with Gasteiger partial charge in [-0.3, -0.25) is 5.32 Å². The van der Waals surface area contributed by atoms with E-state index in [1.54, 1.807) is 20.8 Å². The second-order valence-electron chi connectivity index (χ2n) is 8.35. The maximum absolute atomic E-state index is 12.8. The third kappa shape index (κ3) is 3.95. The quantitative estimate of drug-likeness (QED) is 0.399. The van der Waals surface area contributed by atoms with E-state index < -0.39 is 19.2 Å². The van der Waals surface area contributed by atoms with Gasteiger partial charge >= 0.3 is 19.2 Å². The van der Waals surface area contributed by atoms with Crippen molar-refractivity contribution in [3.63, 3.8) is 0 Å². The van der Waals surface area contributed by atoms with Crippen LogP contribution >= 0.6 is 0 Å². The van der Waals surface area contributed by atoms with Gasteiger partial charge in [-0.1, -0.05) is 48.5 Å². The van der Waals surface area contributed by atoms with Crippen molar-refractivity contribution in [2.24, 2.45) is 0 Å². The molecule has 174 valence electrons. The molecule has 0 radical (unpaired) electrons. The molecule has 0 fully saturated rings. The van der Waals surface area contributed by atoms with Crippen molar-refractivity contribution in [3.05, 3.63) is 81.9 Å². The average molecular weight is 459 g/mol. The number of hydrogen-bond donors (Lipinski definition) is 3. The number of carbonyl (C=O) groups excluding carboxylic acids is 2. The number of hydrogen-bond acceptors (Lipinski definition) is 6. The van der Waals surface area contributed by atoms with Crippen molar-refractivity contribution in [3.8, 4) is 11.1 Å². The van der Waals surface area contributed by atoms with Gasteiger partial charge in [0.1, 0.15) is 6.61 Å². The van der Waals surface area contributed by atoms with Crippen LogP contribution < -0.4 is 10.8 Å². The first-order valence-corrected chi connectivity index (χ1v) is 11.0. The molecular formula is C26H26BNO6. The SMILES string of the molecule is COC(=O)c1c(C)c(NC(=O)OCC2c3ccccc3-c3ccccc32)c(C)c(B(O)O)c1C. The Morgan fingerprint density at radius 1 is 0.912 bits per heavy atom. The zero-order chi connectivity index (χ0) is 24.6. The van der Waals surface area contributed by atoms with Crippen molar-refractivity contribution < 1.29 is 29.1 Å². The highest BCUT2D eigenvalue weighted by atomic mass is 16.5. The first-order chi connectivity index (χ1) is 16.3. The van der Waals surface area contributed by atoms with E-state index in [9.17, 15) is 19.6 Å². The van der Waals surface area contributed by atoms with E-state index in [4.69, 9.17) is 9.47 Å². The van der Waals surface area contributed by atoms with Gasteiger partial charge in [0.05, 0.1) is 18.4 Å². The van der Waals surface area contributed by atoms with E-state index >= 15 is 0 Å². The second-order valence-corrected chi connectivity index (χ2v) is 8.35. The Balaban J connectivity index is 1.61. The summed E-state index contributed by atoms with van der Waals surface area (Å²) in [5.74, 6) is -0.730. The van der Waals surface area contributed by atoms with Gasteiger partial charge in [0.15, 0.2) is 0 Å². The van der Waals surface area contributed by atoms with Crippen molar-refractivity contribution in [1.29, 1.82) is 0 Å². The number of nitrogens with one attached hydrogen (secondary N) is 1. The van der Waals surface area contributed by atoms with Crippen molar-refractivity contribution in [1.82, 2.24) is 0 Å². The number of fused-ring (bicyclic) bond motifs is 3. The summed E-state index contributed by atoms with van der Waals surface area (Å²) in [6, 6.07) is 16.1. The predicted molar refractivity (Wildman–Crippen MR) is 131 cm³/mol. The Labute approximate surface area is 198 Å². The highest BCUT2D eigenvalue weighted by Crippen LogP contribution is 2.44. The standard InChI is InChI=1S/C26H26BNO6/c1-14-22(25(29)33-4)15(2)24(16(3)23(14)27(31)32)28-26(30)34-13-21-19-11-7-5-9-17(19)18-10-6-8-12-20(18)21/h5-12,21,31-32H,13H2,1-4H3,(H,28,30). The molecule has 7 nitrogen and oxygen atoms in total. The molecule has 0 saturated heterocycles. The van der Waals surface area contributed by atoms with Crippen LogP contribution in [0.4, 0.5) is 10.5 Å². The average Bonchev–Trinajstić information content (AvgIpc) is 3.14. The van der Waals surface area contributed by atoms with E-state index in [0.29, 0.717) is 16.7 Å². The minimum absolute atomic E-state index is 0.0983. The monoisotopic (exact) mass is 459 g/mol. The van der Waals surface area contributed by atoms with E-state index in [-0.39, 0.29) is 29.2 Å². The molecule has 0 aliphatic heterocycles. The highest BCUT2D eigenvalue weighted by molar-refractivity contribution is 6.60. The number of benzene rings is 3. The molecule has 0 atom stereocenters. The van der Waals surface area contributed by atoms with E-state index in [1.165, 1.54) is 7.11 Å². The van der Waals surface area contributed by atoms with Crippen LogP contribution in [0.15, 0.2) is 48.5 Å². The fourth-order valence-corrected chi connectivity index (χ4v) is 4.96. The number of carbonyl (C=O) groups is 2. The highest BCUT2D eigenvalue weighted by Gasteiger charge is 2.30. The third-order valence-electron chi connectivity index (χ3n) is 6.53. The second kappa shape index (κ2) is 9.33. The Bertz CT molecular complexity index is 1240. The van der Waals surface area contributed by atoms with Crippen molar-refractivity contribution in [2.75, 3.05) is 19.0 Å². The molecule has 0 spiro atoms. The van der Waals surface area contributed by atoms with E-state index in [1.807, 2.05) is 36.4 Å². The van der Waals surface area contributed by atoms with Crippen LogP contribution in [0.25, 0.3) is 11.1 Å². The lowest BCUT2D eigenvalue weighted by atomic mass is 9.71. The van der Waals surface area contributed by atoms with Crippen molar-refractivity contribution >= 4 is 30.3 Å². The van der Waals surface area contributed by atoms with Crippen LogP contribution in [0.1, 0.15) is 44.1 Å². The lowest BCUT2D eigenvalue weighted by molar-refractivity contribution is 0.0599. The first-order valence-electron chi connectivity index (χ1n) is 11.0. The van der Waals surface area contributed by atoms with Gasteiger partial charge in [-0.2, -0.15) is 0 Å². The predicted octanol–water partition coefficient (Wildman–Crippen LogP) is 3.44. The summed E-state index contributed by atoms with van der Waals surface area (Å²) < 4.78 is 10.5. The van der Waals surface area contributed by atoms with Gasteiger partial charge in [-0.25, -0.2) is 9.59 Å². The molecular weight excluding hydrogens is 433 g/mol. The lowest BCUT2D eigenvalue weighted by Gasteiger charge is -2.21. The summed E-state index contributed by atoms with van der Waals surface area (Å²) in [5, 5.41) is 22.5. The summed E-state index contributed by atoms with van der Waals surface area (Å²) in [6.45, 7) is 5.05. The molecule has 34 heavy (non-hydrogen) atoms. The molecule has 3 aromatic carbocycles. The van der Waals surface area contributed by atoms with Crippen LogP contribution in [0.3, 0.4) is 0 Å². The molecule has 0 aromatic heterocycles. The summed E-state index contributed by atoms with van der Waals surface area (Å²) >= 11 is 0. The molecule has 0 bridgehead atoms. The van der Waals surface area contributed by atoms with Crippen LogP contribution in [0, 0.1) is 20.8 Å². The number of rotatable bonds is 5. The molecule has 1 amide bonds. The van der Waals surface area contributed by atoms with Gasteiger partial charge in [0.25, 0.3) is 0 Å². The Hall–Kier alpha value is -3.62. The number of esters is 1. The van der Waals surface area contributed by atoms with Gasteiger partial charge in [-0.05, 0) is 65.2 Å². The van der Waals surface area contributed by atoms with Gasteiger partial charge in [0.2, 0.25) is 0 Å². The molecule has 0 heterocycles. The van der Waals surface area contributed by atoms with Crippen LogP contribution in [0.2, 0.25) is 0 Å². The molecule has 1 aliphatic carbocycles. The minimum atomic E-state index is -1.83. The third-order valence-corrected chi connectivity index (χ3v) is 6.53. The fourth-order valence-electron chi connectivity index (χ4n) is 4.96. The van der Waals surface area contributed by atoms with E-state index in [0.717, 1.165) is 22.3 Å². The normalized spacial score (nSPS) is 12.1. The lowest BCUT2D eigenvalue weighted by Crippen LogP contribution is -2.37. The summed E-state index contributed by atoms with van der Waals surface area (Å²) in [7, 11) is -0.582. The van der Waals surface area contributed by atoms with E-state index in [2.05, 4.69) is 17.4 Å². The number of methoxy groups -OCH3 is 1. The molecule has 3 N–H and O–H groups in total.